The maximum atomic E-state index is 10.6. The van der Waals surface area contributed by atoms with Crippen LogP contribution in [0, 0.1) is 5.92 Å². The highest BCUT2D eigenvalue weighted by Gasteiger charge is 2.08. The third-order valence-electron chi connectivity index (χ3n) is 2.54. The third kappa shape index (κ3) is 4.78. The summed E-state index contributed by atoms with van der Waals surface area (Å²) in [4.78, 5) is 10.6. The van der Waals surface area contributed by atoms with Gasteiger partial charge in [-0.2, -0.15) is 0 Å². The van der Waals surface area contributed by atoms with Crippen LogP contribution in [0.15, 0.2) is 36.4 Å². The molecule has 1 rings (SSSR count). The minimum atomic E-state index is -0.702. The molecule has 0 spiro atoms. The number of aliphatic carboxylic acids is 1. The summed E-state index contributed by atoms with van der Waals surface area (Å²) in [5.74, 6) is -0.933. The number of carboxylic acids is 1. The van der Waals surface area contributed by atoms with E-state index >= 15 is 0 Å². The van der Waals surface area contributed by atoms with E-state index in [0.29, 0.717) is 0 Å². The molecule has 1 aromatic carbocycles. The summed E-state index contributed by atoms with van der Waals surface area (Å²) in [6.07, 6.45) is 6.78. The molecular formula is C14H18O2. The zero-order valence-electron chi connectivity index (χ0n) is 9.60. The number of carboxylic acid groups (broad SMARTS) is 1. The topological polar surface area (TPSA) is 37.3 Å². The van der Waals surface area contributed by atoms with Gasteiger partial charge in [0, 0.05) is 0 Å². The molecule has 0 fully saturated rings. The van der Waals surface area contributed by atoms with Gasteiger partial charge in [0.2, 0.25) is 0 Å². The van der Waals surface area contributed by atoms with E-state index in [4.69, 9.17) is 5.11 Å². The molecule has 0 aliphatic carbocycles. The van der Waals surface area contributed by atoms with Gasteiger partial charge in [0.1, 0.15) is 0 Å². The van der Waals surface area contributed by atoms with E-state index in [-0.39, 0.29) is 5.92 Å². The Hall–Kier alpha value is -1.57. The van der Waals surface area contributed by atoms with E-state index in [0.717, 1.165) is 19.3 Å². The van der Waals surface area contributed by atoms with Crippen LogP contribution in [0.5, 0.6) is 0 Å². The summed E-state index contributed by atoms with van der Waals surface area (Å²) in [6.45, 7) is 1.75. The summed E-state index contributed by atoms with van der Waals surface area (Å²) >= 11 is 0. The second-order valence-corrected chi connectivity index (χ2v) is 3.98. The SMILES string of the molecule is C[C@H](CCC/C=C/c1ccccc1)C(=O)O. The largest absolute Gasteiger partial charge is 0.481 e. The maximum absolute atomic E-state index is 10.6. The lowest BCUT2D eigenvalue weighted by Crippen LogP contribution is -2.08. The smallest absolute Gasteiger partial charge is 0.306 e. The number of rotatable bonds is 6. The van der Waals surface area contributed by atoms with Gasteiger partial charge in [-0.1, -0.05) is 49.4 Å². The highest BCUT2D eigenvalue weighted by molar-refractivity contribution is 5.69. The fourth-order valence-electron chi connectivity index (χ4n) is 1.45. The van der Waals surface area contributed by atoms with Crippen molar-refractivity contribution in [3.8, 4) is 0 Å². The molecule has 86 valence electrons. The van der Waals surface area contributed by atoms with Gasteiger partial charge in [0.15, 0.2) is 0 Å². The van der Waals surface area contributed by atoms with Crippen molar-refractivity contribution in [2.45, 2.75) is 26.2 Å². The van der Waals surface area contributed by atoms with E-state index in [1.165, 1.54) is 5.56 Å². The fourth-order valence-corrected chi connectivity index (χ4v) is 1.45. The van der Waals surface area contributed by atoms with Crippen LogP contribution in [-0.4, -0.2) is 11.1 Å². The Balaban J connectivity index is 2.21. The number of allylic oxidation sites excluding steroid dienone is 1. The Morgan fingerprint density at radius 2 is 2.06 bits per heavy atom. The third-order valence-corrected chi connectivity index (χ3v) is 2.54. The van der Waals surface area contributed by atoms with Crippen molar-refractivity contribution in [3.05, 3.63) is 42.0 Å². The molecule has 0 heterocycles. The molecular weight excluding hydrogens is 200 g/mol. The predicted octanol–water partition coefficient (Wildman–Crippen LogP) is 3.59. The van der Waals surface area contributed by atoms with Crippen LogP contribution in [0.25, 0.3) is 6.08 Å². The average molecular weight is 218 g/mol. The summed E-state index contributed by atoms with van der Waals surface area (Å²) in [5.41, 5.74) is 1.19. The van der Waals surface area contributed by atoms with Crippen molar-refractivity contribution < 1.29 is 9.90 Å². The molecule has 0 aliphatic rings. The molecule has 0 aliphatic heterocycles. The first-order valence-electron chi connectivity index (χ1n) is 5.64. The normalized spacial score (nSPS) is 12.8. The first-order chi connectivity index (χ1) is 7.70. The zero-order chi connectivity index (χ0) is 11.8. The average Bonchev–Trinajstić information content (AvgIpc) is 2.29. The molecule has 0 bridgehead atoms. The quantitative estimate of drug-likeness (QED) is 0.741. The fraction of sp³-hybridized carbons (Fsp3) is 0.357. The van der Waals surface area contributed by atoms with Crippen LogP contribution < -0.4 is 0 Å². The van der Waals surface area contributed by atoms with Crippen LogP contribution in [0.3, 0.4) is 0 Å². The molecule has 2 heteroatoms. The van der Waals surface area contributed by atoms with Crippen LogP contribution in [0.4, 0.5) is 0 Å². The molecule has 16 heavy (non-hydrogen) atoms. The predicted molar refractivity (Wildman–Crippen MR) is 66.1 cm³/mol. The Morgan fingerprint density at radius 3 is 2.69 bits per heavy atom. The zero-order valence-corrected chi connectivity index (χ0v) is 9.60. The van der Waals surface area contributed by atoms with Crippen molar-refractivity contribution in [2.75, 3.05) is 0 Å². The standard InChI is InChI=1S/C14H18O2/c1-12(14(15)16)8-4-2-5-9-13-10-6-3-7-11-13/h3,5-7,9-12H,2,4,8H2,1H3,(H,15,16)/b9-5+/t12-/m1/s1. The minimum Gasteiger partial charge on any atom is -0.481 e. The summed E-state index contributed by atoms with van der Waals surface area (Å²) < 4.78 is 0. The van der Waals surface area contributed by atoms with E-state index < -0.39 is 5.97 Å². The monoisotopic (exact) mass is 218 g/mol. The highest BCUT2D eigenvalue weighted by atomic mass is 16.4. The van der Waals surface area contributed by atoms with E-state index in [1.807, 2.05) is 18.2 Å². The number of carbonyl (C=O) groups is 1. The van der Waals surface area contributed by atoms with Crippen LogP contribution in [0.1, 0.15) is 31.7 Å². The van der Waals surface area contributed by atoms with E-state index in [2.05, 4.69) is 24.3 Å². The molecule has 1 aromatic rings. The van der Waals surface area contributed by atoms with E-state index in [9.17, 15) is 4.79 Å². The van der Waals surface area contributed by atoms with Gasteiger partial charge in [-0.15, -0.1) is 0 Å². The first kappa shape index (κ1) is 12.5. The van der Waals surface area contributed by atoms with Crippen molar-refractivity contribution in [3.63, 3.8) is 0 Å². The minimum absolute atomic E-state index is 0.231. The highest BCUT2D eigenvalue weighted by Crippen LogP contribution is 2.09. The van der Waals surface area contributed by atoms with Crippen LogP contribution >= 0.6 is 0 Å². The number of benzene rings is 1. The van der Waals surface area contributed by atoms with E-state index in [1.54, 1.807) is 6.92 Å². The lowest BCUT2D eigenvalue weighted by Gasteiger charge is -2.03. The maximum Gasteiger partial charge on any atom is 0.306 e. The summed E-state index contributed by atoms with van der Waals surface area (Å²) in [6, 6.07) is 10.1. The van der Waals surface area contributed by atoms with Gasteiger partial charge in [-0.05, 0) is 24.8 Å². The van der Waals surface area contributed by atoms with Gasteiger partial charge >= 0.3 is 5.97 Å². The Labute approximate surface area is 96.6 Å². The summed E-state index contributed by atoms with van der Waals surface area (Å²) in [5, 5.41) is 8.70. The van der Waals surface area contributed by atoms with Crippen molar-refractivity contribution >= 4 is 12.0 Å². The Bertz CT molecular complexity index is 341. The second-order valence-electron chi connectivity index (χ2n) is 3.98. The molecule has 0 saturated carbocycles. The van der Waals surface area contributed by atoms with Crippen molar-refractivity contribution in [1.29, 1.82) is 0 Å². The number of hydrogen-bond donors (Lipinski definition) is 1. The van der Waals surface area contributed by atoms with Gasteiger partial charge in [-0.25, -0.2) is 0 Å². The number of unbranched alkanes of at least 4 members (excludes halogenated alkanes) is 1. The summed E-state index contributed by atoms with van der Waals surface area (Å²) in [7, 11) is 0. The molecule has 0 unspecified atom stereocenters. The van der Waals surface area contributed by atoms with Crippen molar-refractivity contribution in [2.24, 2.45) is 5.92 Å². The molecule has 2 nitrogen and oxygen atoms in total. The lowest BCUT2D eigenvalue weighted by molar-refractivity contribution is -0.141. The molecule has 0 amide bonds. The lowest BCUT2D eigenvalue weighted by atomic mass is 10.0. The molecule has 1 N–H and O–H groups in total. The van der Waals surface area contributed by atoms with Crippen LogP contribution in [0.2, 0.25) is 0 Å². The Morgan fingerprint density at radius 1 is 1.38 bits per heavy atom. The number of hydrogen-bond acceptors (Lipinski definition) is 1. The first-order valence-corrected chi connectivity index (χ1v) is 5.64. The molecule has 1 atom stereocenters. The van der Waals surface area contributed by atoms with Gasteiger partial charge < -0.3 is 5.11 Å². The van der Waals surface area contributed by atoms with Gasteiger partial charge in [-0.3, -0.25) is 4.79 Å². The van der Waals surface area contributed by atoms with Gasteiger partial charge in [0.25, 0.3) is 0 Å². The molecule has 0 radical (unpaired) electrons. The Kier molecular flexibility index (Phi) is 5.34. The second kappa shape index (κ2) is 6.83. The molecule has 0 saturated heterocycles. The van der Waals surface area contributed by atoms with Gasteiger partial charge in [0.05, 0.1) is 5.92 Å². The molecule has 0 aromatic heterocycles. The van der Waals surface area contributed by atoms with Crippen LogP contribution in [-0.2, 0) is 4.79 Å². The van der Waals surface area contributed by atoms with Crippen molar-refractivity contribution in [1.82, 2.24) is 0 Å².